The normalized spacial score (nSPS) is 12.5. The molecule has 0 saturated carbocycles. The zero-order chi connectivity index (χ0) is 11.1. The van der Waals surface area contributed by atoms with E-state index in [-0.39, 0.29) is 11.9 Å². The zero-order valence-corrected chi connectivity index (χ0v) is 9.29. The molecular formula is C12H18FNO. The van der Waals surface area contributed by atoms with Crippen molar-refractivity contribution in [3.05, 3.63) is 30.1 Å². The summed E-state index contributed by atoms with van der Waals surface area (Å²) in [5.74, 6) is 0.338. The van der Waals surface area contributed by atoms with Gasteiger partial charge in [-0.1, -0.05) is 19.9 Å². The topological polar surface area (TPSA) is 21.3 Å². The van der Waals surface area contributed by atoms with E-state index in [0.717, 1.165) is 19.5 Å². The molecule has 1 aromatic rings. The van der Waals surface area contributed by atoms with E-state index < -0.39 is 0 Å². The van der Waals surface area contributed by atoms with Crippen molar-refractivity contribution in [2.75, 3.05) is 13.1 Å². The maximum absolute atomic E-state index is 12.9. The highest BCUT2D eigenvalue weighted by Gasteiger charge is 2.07. The molecule has 0 saturated heterocycles. The summed E-state index contributed by atoms with van der Waals surface area (Å²) < 4.78 is 18.5. The Labute approximate surface area is 90.4 Å². The smallest absolute Gasteiger partial charge is 0.126 e. The molecule has 0 fully saturated rings. The lowest BCUT2D eigenvalue weighted by Gasteiger charge is -2.17. The second kappa shape index (κ2) is 6.40. The van der Waals surface area contributed by atoms with Gasteiger partial charge in [0.05, 0.1) is 0 Å². The summed E-state index contributed by atoms with van der Waals surface area (Å²) in [5.41, 5.74) is 0. The minimum atomic E-state index is -0.259. The Kier molecular flexibility index (Phi) is 5.12. The van der Waals surface area contributed by atoms with Gasteiger partial charge in [0.2, 0.25) is 0 Å². The zero-order valence-electron chi connectivity index (χ0n) is 9.29. The van der Waals surface area contributed by atoms with Crippen LogP contribution >= 0.6 is 0 Å². The first-order valence-electron chi connectivity index (χ1n) is 5.39. The van der Waals surface area contributed by atoms with Crippen molar-refractivity contribution in [2.24, 2.45) is 0 Å². The third-order valence-corrected chi connectivity index (χ3v) is 2.18. The summed E-state index contributed by atoms with van der Waals surface area (Å²) in [7, 11) is 0. The molecule has 84 valence electrons. The highest BCUT2D eigenvalue weighted by Crippen LogP contribution is 2.14. The average molecular weight is 211 g/mol. The number of halogens is 1. The fourth-order valence-electron chi connectivity index (χ4n) is 1.31. The van der Waals surface area contributed by atoms with E-state index in [9.17, 15) is 4.39 Å². The van der Waals surface area contributed by atoms with Gasteiger partial charge >= 0.3 is 0 Å². The first-order chi connectivity index (χ1) is 7.26. The van der Waals surface area contributed by atoms with Crippen LogP contribution in [0.4, 0.5) is 4.39 Å². The van der Waals surface area contributed by atoms with Crippen LogP contribution in [0, 0.1) is 5.82 Å². The van der Waals surface area contributed by atoms with Gasteiger partial charge in [0.15, 0.2) is 0 Å². The van der Waals surface area contributed by atoms with Crippen LogP contribution in [0.5, 0.6) is 5.75 Å². The van der Waals surface area contributed by atoms with Crippen molar-refractivity contribution >= 4 is 0 Å². The molecule has 0 bridgehead atoms. The number of hydrogen-bond donors (Lipinski definition) is 1. The number of nitrogens with one attached hydrogen (secondary N) is 1. The summed E-state index contributed by atoms with van der Waals surface area (Å²) in [5, 5.41) is 3.22. The van der Waals surface area contributed by atoms with Crippen molar-refractivity contribution in [1.29, 1.82) is 0 Å². The Morgan fingerprint density at radius 2 is 2.20 bits per heavy atom. The predicted octanol–water partition coefficient (Wildman–Crippen LogP) is 2.59. The highest BCUT2D eigenvalue weighted by atomic mass is 19.1. The van der Waals surface area contributed by atoms with Crippen molar-refractivity contribution in [1.82, 2.24) is 5.32 Å². The van der Waals surface area contributed by atoms with Crippen molar-refractivity contribution in [3.8, 4) is 5.75 Å². The number of ether oxygens (including phenoxy) is 1. The van der Waals surface area contributed by atoms with Gasteiger partial charge in [0.25, 0.3) is 0 Å². The summed E-state index contributed by atoms with van der Waals surface area (Å²) >= 11 is 0. The maximum atomic E-state index is 12.9. The van der Waals surface area contributed by atoms with Crippen LogP contribution in [0.15, 0.2) is 24.3 Å². The number of benzene rings is 1. The minimum Gasteiger partial charge on any atom is -0.489 e. The van der Waals surface area contributed by atoms with Crippen LogP contribution < -0.4 is 10.1 Å². The molecule has 0 amide bonds. The molecule has 0 aromatic heterocycles. The Hall–Kier alpha value is -1.09. The molecular weight excluding hydrogens is 193 g/mol. The van der Waals surface area contributed by atoms with E-state index >= 15 is 0 Å². The molecule has 2 nitrogen and oxygen atoms in total. The lowest BCUT2D eigenvalue weighted by atomic mass is 10.2. The highest BCUT2D eigenvalue weighted by molar-refractivity contribution is 5.22. The third-order valence-electron chi connectivity index (χ3n) is 2.18. The van der Waals surface area contributed by atoms with Gasteiger partial charge in [0, 0.05) is 12.6 Å². The van der Waals surface area contributed by atoms with Crippen LogP contribution in [0.25, 0.3) is 0 Å². The van der Waals surface area contributed by atoms with Crippen LogP contribution in [-0.2, 0) is 0 Å². The number of hydrogen-bond acceptors (Lipinski definition) is 2. The van der Waals surface area contributed by atoms with E-state index in [1.165, 1.54) is 12.1 Å². The second-order valence-electron chi connectivity index (χ2n) is 3.41. The summed E-state index contributed by atoms with van der Waals surface area (Å²) in [4.78, 5) is 0. The Bertz CT molecular complexity index is 291. The Morgan fingerprint density at radius 1 is 1.40 bits per heavy atom. The van der Waals surface area contributed by atoms with Gasteiger partial charge in [-0.05, 0) is 25.1 Å². The monoisotopic (exact) mass is 211 g/mol. The quantitative estimate of drug-likeness (QED) is 0.781. The fourth-order valence-corrected chi connectivity index (χ4v) is 1.31. The molecule has 1 unspecified atom stereocenters. The van der Waals surface area contributed by atoms with Crippen LogP contribution in [0.2, 0.25) is 0 Å². The average Bonchev–Trinajstić information content (AvgIpc) is 2.24. The van der Waals surface area contributed by atoms with Gasteiger partial charge in [-0.3, -0.25) is 0 Å². The first-order valence-corrected chi connectivity index (χ1v) is 5.39. The molecule has 0 aliphatic rings. The molecule has 15 heavy (non-hydrogen) atoms. The van der Waals surface area contributed by atoms with E-state index in [4.69, 9.17) is 4.74 Å². The number of rotatable bonds is 6. The molecule has 0 aliphatic carbocycles. The van der Waals surface area contributed by atoms with Crippen LogP contribution in [-0.4, -0.2) is 19.2 Å². The molecule has 0 radical (unpaired) electrons. The molecule has 1 atom stereocenters. The summed E-state index contributed by atoms with van der Waals surface area (Å²) in [6, 6.07) is 6.26. The van der Waals surface area contributed by atoms with E-state index in [0.29, 0.717) is 5.75 Å². The minimum absolute atomic E-state index is 0.103. The molecule has 1 rings (SSSR count). The van der Waals surface area contributed by atoms with E-state index in [1.807, 2.05) is 0 Å². The van der Waals surface area contributed by atoms with Gasteiger partial charge in [-0.25, -0.2) is 4.39 Å². The fraction of sp³-hybridized carbons (Fsp3) is 0.500. The molecule has 1 N–H and O–H groups in total. The molecule has 3 heteroatoms. The number of likely N-dealkylation sites (N-methyl/N-ethyl adjacent to an activating group) is 1. The summed E-state index contributed by atoms with van der Waals surface area (Å²) in [6.45, 7) is 5.82. The van der Waals surface area contributed by atoms with E-state index in [2.05, 4.69) is 19.2 Å². The van der Waals surface area contributed by atoms with Crippen molar-refractivity contribution in [2.45, 2.75) is 26.4 Å². The third kappa shape index (κ3) is 4.30. The largest absolute Gasteiger partial charge is 0.489 e. The molecule has 0 aliphatic heterocycles. The maximum Gasteiger partial charge on any atom is 0.126 e. The lowest BCUT2D eigenvalue weighted by molar-refractivity contribution is 0.193. The van der Waals surface area contributed by atoms with Crippen molar-refractivity contribution < 1.29 is 9.13 Å². The van der Waals surface area contributed by atoms with Gasteiger partial charge < -0.3 is 10.1 Å². The van der Waals surface area contributed by atoms with Gasteiger partial charge in [0.1, 0.15) is 17.7 Å². The van der Waals surface area contributed by atoms with Crippen LogP contribution in [0.1, 0.15) is 20.3 Å². The predicted molar refractivity (Wildman–Crippen MR) is 59.7 cm³/mol. The van der Waals surface area contributed by atoms with Gasteiger partial charge in [-0.2, -0.15) is 0 Å². The van der Waals surface area contributed by atoms with E-state index in [1.54, 1.807) is 12.1 Å². The van der Waals surface area contributed by atoms with Crippen LogP contribution in [0.3, 0.4) is 0 Å². The molecule has 1 aromatic carbocycles. The standard InChI is InChI=1S/C12H18FNO/c1-3-11(9-14-4-2)15-12-7-5-6-10(13)8-12/h5-8,11,14H,3-4,9H2,1-2H3. The van der Waals surface area contributed by atoms with Gasteiger partial charge in [-0.15, -0.1) is 0 Å². The summed E-state index contributed by atoms with van der Waals surface area (Å²) in [6.07, 6.45) is 1.01. The molecule has 0 spiro atoms. The lowest BCUT2D eigenvalue weighted by Crippen LogP contribution is -2.30. The second-order valence-corrected chi connectivity index (χ2v) is 3.41. The molecule has 0 heterocycles. The Morgan fingerprint density at radius 3 is 2.80 bits per heavy atom. The SMILES string of the molecule is CCNCC(CC)Oc1cccc(F)c1. The Balaban J connectivity index is 2.50. The van der Waals surface area contributed by atoms with Crippen molar-refractivity contribution in [3.63, 3.8) is 0 Å². The first kappa shape index (κ1) is 12.0.